The molecule has 0 aliphatic carbocycles. The van der Waals surface area contributed by atoms with Crippen molar-refractivity contribution in [1.82, 2.24) is 10.2 Å². The van der Waals surface area contributed by atoms with E-state index in [4.69, 9.17) is 4.74 Å². The minimum atomic E-state index is 0.293. The lowest BCUT2D eigenvalue weighted by Crippen LogP contribution is -2.49. The zero-order chi connectivity index (χ0) is 13.0. The second kappa shape index (κ2) is 6.36. The molecule has 0 saturated carbocycles. The summed E-state index contributed by atoms with van der Waals surface area (Å²) in [5.74, 6) is 0. The third-order valence-electron chi connectivity index (χ3n) is 4.83. The van der Waals surface area contributed by atoms with Gasteiger partial charge in [-0.15, -0.1) is 0 Å². The normalized spacial score (nSPS) is 38.8. The van der Waals surface area contributed by atoms with Gasteiger partial charge < -0.3 is 10.1 Å². The average molecular weight is 254 g/mol. The van der Waals surface area contributed by atoms with Crippen molar-refractivity contribution in [3.63, 3.8) is 0 Å². The van der Waals surface area contributed by atoms with Crippen LogP contribution in [0.2, 0.25) is 0 Å². The molecule has 2 aliphatic rings. The summed E-state index contributed by atoms with van der Waals surface area (Å²) in [6, 6.07) is 0.701. The third-order valence-corrected chi connectivity index (χ3v) is 4.83. The number of rotatable bonds is 4. The van der Waals surface area contributed by atoms with Crippen molar-refractivity contribution in [1.29, 1.82) is 0 Å². The molecule has 2 saturated heterocycles. The number of hydrogen-bond acceptors (Lipinski definition) is 3. The van der Waals surface area contributed by atoms with Gasteiger partial charge >= 0.3 is 0 Å². The smallest absolute Gasteiger partial charge is 0.0588 e. The van der Waals surface area contributed by atoms with E-state index < -0.39 is 0 Å². The monoisotopic (exact) mass is 254 g/mol. The van der Waals surface area contributed by atoms with Gasteiger partial charge in [-0.3, -0.25) is 4.90 Å². The highest BCUT2D eigenvalue weighted by Crippen LogP contribution is 2.21. The van der Waals surface area contributed by atoms with Crippen molar-refractivity contribution in [3.8, 4) is 0 Å². The molecule has 0 aromatic rings. The first-order valence-corrected chi connectivity index (χ1v) is 7.73. The molecule has 2 rings (SSSR count). The molecule has 2 heterocycles. The molecular weight excluding hydrogens is 224 g/mol. The van der Waals surface area contributed by atoms with Gasteiger partial charge in [0.15, 0.2) is 0 Å². The molecule has 1 N–H and O–H groups in total. The molecule has 3 nitrogen and oxygen atoms in total. The van der Waals surface area contributed by atoms with Crippen LogP contribution in [0.1, 0.15) is 52.9 Å². The van der Waals surface area contributed by atoms with E-state index in [2.05, 4.69) is 31.0 Å². The molecule has 2 fully saturated rings. The second-order valence-corrected chi connectivity index (χ2v) is 6.37. The zero-order valence-corrected chi connectivity index (χ0v) is 12.4. The molecule has 3 unspecified atom stereocenters. The van der Waals surface area contributed by atoms with E-state index in [0.717, 1.165) is 13.2 Å². The summed E-state index contributed by atoms with van der Waals surface area (Å²) in [5, 5.41) is 3.72. The lowest BCUT2D eigenvalue weighted by Gasteiger charge is -2.35. The van der Waals surface area contributed by atoms with Gasteiger partial charge in [0.25, 0.3) is 0 Å². The Hall–Kier alpha value is -0.120. The molecule has 2 aliphatic heterocycles. The van der Waals surface area contributed by atoms with E-state index in [1.807, 2.05) is 0 Å². The Morgan fingerprint density at radius 1 is 1.39 bits per heavy atom. The first-order chi connectivity index (χ1) is 8.63. The van der Waals surface area contributed by atoms with E-state index in [-0.39, 0.29) is 0 Å². The maximum Gasteiger partial charge on any atom is 0.0588 e. The number of ether oxygens (including phenoxy) is 1. The van der Waals surface area contributed by atoms with Gasteiger partial charge in [0.05, 0.1) is 6.10 Å². The summed E-state index contributed by atoms with van der Waals surface area (Å²) in [6.45, 7) is 11.5. The highest BCUT2D eigenvalue weighted by atomic mass is 16.5. The van der Waals surface area contributed by atoms with Crippen molar-refractivity contribution >= 4 is 0 Å². The predicted octanol–water partition coefficient (Wildman–Crippen LogP) is 2.41. The summed E-state index contributed by atoms with van der Waals surface area (Å²) < 4.78 is 5.75. The van der Waals surface area contributed by atoms with E-state index in [9.17, 15) is 0 Å². The van der Waals surface area contributed by atoms with E-state index in [0.29, 0.717) is 17.7 Å². The first-order valence-electron chi connectivity index (χ1n) is 7.73. The van der Waals surface area contributed by atoms with Gasteiger partial charge in [-0.1, -0.05) is 6.92 Å². The van der Waals surface area contributed by atoms with Crippen LogP contribution in [0, 0.1) is 0 Å². The molecule has 0 aromatic carbocycles. The standard InChI is InChI=1S/C15H30N2O/c1-4-15(3)12-17(13(2)7-9-16-15)10-8-14-6-5-11-18-14/h13-14,16H,4-12H2,1-3H3. The van der Waals surface area contributed by atoms with Gasteiger partial charge in [0.2, 0.25) is 0 Å². The third kappa shape index (κ3) is 3.69. The van der Waals surface area contributed by atoms with Crippen molar-refractivity contribution in [2.45, 2.75) is 70.6 Å². The Labute approximate surface area is 112 Å². The van der Waals surface area contributed by atoms with Gasteiger partial charge in [-0.2, -0.15) is 0 Å². The molecule has 0 amide bonds. The summed E-state index contributed by atoms with van der Waals surface area (Å²) in [5.41, 5.74) is 0.293. The van der Waals surface area contributed by atoms with Crippen molar-refractivity contribution < 1.29 is 4.74 Å². The van der Waals surface area contributed by atoms with Crippen molar-refractivity contribution in [2.24, 2.45) is 0 Å². The quantitative estimate of drug-likeness (QED) is 0.834. The Bertz CT molecular complexity index is 253. The highest BCUT2D eigenvalue weighted by Gasteiger charge is 2.30. The van der Waals surface area contributed by atoms with Crippen LogP contribution in [-0.2, 0) is 4.74 Å². The molecular formula is C15H30N2O. The van der Waals surface area contributed by atoms with Crippen LogP contribution in [-0.4, -0.2) is 48.8 Å². The fourth-order valence-electron chi connectivity index (χ4n) is 3.14. The molecule has 0 bridgehead atoms. The molecule has 3 heteroatoms. The number of hydrogen-bond donors (Lipinski definition) is 1. The summed E-state index contributed by atoms with van der Waals surface area (Å²) >= 11 is 0. The summed E-state index contributed by atoms with van der Waals surface area (Å²) in [4.78, 5) is 2.67. The lowest BCUT2D eigenvalue weighted by molar-refractivity contribution is 0.0811. The van der Waals surface area contributed by atoms with Crippen LogP contribution in [0.5, 0.6) is 0 Å². The summed E-state index contributed by atoms with van der Waals surface area (Å²) in [7, 11) is 0. The fraction of sp³-hybridized carbons (Fsp3) is 1.00. The average Bonchev–Trinajstić information content (AvgIpc) is 2.82. The van der Waals surface area contributed by atoms with Gasteiger partial charge in [-0.25, -0.2) is 0 Å². The number of nitrogens with one attached hydrogen (secondary N) is 1. The predicted molar refractivity (Wildman–Crippen MR) is 75.9 cm³/mol. The van der Waals surface area contributed by atoms with Gasteiger partial charge in [-0.05, 0) is 52.5 Å². The van der Waals surface area contributed by atoms with Crippen LogP contribution >= 0.6 is 0 Å². The van der Waals surface area contributed by atoms with E-state index in [1.54, 1.807) is 0 Å². The maximum atomic E-state index is 5.75. The first kappa shape index (κ1) is 14.3. The minimum Gasteiger partial charge on any atom is -0.378 e. The Balaban J connectivity index is 1.86. The summed E-state index contributed by atoms with van der Waals surface area (Å²) in [6.07, 6.45) is 6.74. The minimum absolute atomic E-state index is 0.293. The van der Waals surface area contributed by atoms with Gasteiger partial charge in [0.1, 0.15) is 0 Å². The highest BCUT2D eigenvalue weighted by molar-refractivity contribution is 4.90. The Kier molecular flexibility index (Phi) is 5.05. The van der Waals surface area contributed by atoms with Crippen LogP contribution in [0.25, 0.3) is 0 Å². The van der Waals surface area contributed by atoms with Crippen LogP contribution in [0.15, 0.2) is 0 Å². The maximum absolute atomic E-state index is 5.75. The topological polar surface area (TPSA) is 24.5 Å². The Morgan fingerprint density at radius 3 is 2.89 bits per heavy atom. The Morgan fingerprint density at radius 2 is 2.22 bits per heavy atom. The SMILES string of the molecule is CCC1(C)CN(CCC2CCCO2)C(C)CCN1. The molecule has 106 valence electrons. The molecule has 0 spiro atoms. The molecule has 3 atom stereocenters. The van der Waals surface area contributed by atoms with E-state index >= 15 is 0 Å². The molecule has 0 aromatic heterocycles. The molecule has 18 heavy (non-hydrogen) atoms. The van der Waals surface area contributed by atoms with Gasteiger partial charge in [0, 0.05) is 31.3 Å². The largest absolute Gasteiger partial charge is 0.378 e. The van der Waals surface area contributed by atoms with Crippen molar-refractivity contribution in [2.75, 3.05) is 26.2 Å². The fourth-order valence-corrected chi connectivity index (χ4v) is 3.14. The van der Waals surface area contributed by atoms with Crippen molar-refractivity contribution in [3.05, 3.63) is 0 Å². The van der Waals surface area contributed by atoms with Crippen LogP contribution < -0.4 is 5.32 Å². The number of nitrogens with zero attached hydrogens (tertiary/aromatic N) is 1. The lowest BCUT2D eigenvalue weighted by atomic mass is 9.98. The van der Waals surface area contributed by atoms with E-state index in [1.165, 1.54) is 45.2 Å². The zero-order valence-electron chi connectivity index (χ0n) is 12.4. The second-order valence-electron chi connectivity index (χ2n) is 6.37. The van der Waals surface area contributed by atoms with Crippen LogP contribution in [0.3, 0.4) is 0 Å². The van der Waals surface area contributed by atoms with Crippen LogP contribution in [0.4, 0.5) is 0 Å². The molecule has 0 radical (unpaired) electrons.